The first-order valence-electron chi connectivity index (χ1n) is 3.00. The highest BCUT2D eigenvalue weighted by Gasteiger charge is 1.94. The molecule has 0 saturated carbocycles. The standard InChI is InChI=1S/C8H8N2.ClH/c1-6-4-8(10)3-2-7(6)5-9;/h2-4H,10H2,1H3;1H. The number of benzene rings is 1. The maximum Gasteiger partial charge on any atom is 0.0994 e. The lowest BCUT2D eigenvalue weighted by Gasteiger charge is -1.96. The van der Waals surface area contributed by atoms with Gasteiger partial charge in [0.05, 0.1) is 11.6 Å². The molecule has 0 amide bonds. The Balaban J connectivity index is 0.000001000. The highest BCUT2D eigenvalue weighted by atomic mass is 35.5. The fourth-order valence-corrected chi connectivity index (χ4v) is 0.812. The second-order valence-corrected chi connectivity index (χ2v) is 2.19. The molecule has 58 valence electrons. The summed E-state index contributed by atoms with van der Waals surface area (Å²) >= 11 is 0. The summed E-state index contributed by atoms with van der Waals surface area (Å²) in [5.41, 5.74) is 7.80. The second-order valence-electron chi connectivity index (χ2n) is 2.19. The number of nitrogens with two attached hydrogens (primary N) is 1. The lowest BCUT2D eigenvalue weighted by atomic mass is 10.1. The lowest BCUT2D eigenvalue weighted by molar-refractivity contribution is 1.40. The van der Waals surface area contributed by atoms with Gasteiger partial charge in [-0.3, -0.25) is 0 Å². The van der Waals surface area contributed by atoms with E-state index < -0.39 is 0 Å². The second kappa shape index (κ2) is 3.85. The number of nitrogens with zero attached hydrogens (tertiary/aromatic N) is 1. The summed E-state index contributed by atoms with van der Waals surface area (Å²) in [4.78, 5) is 0. The molecular weight excluding hydrogens is 160 g/mol. The van der Waals surface area contributed by atoms with Crippen LogP contribution in [0.2, 0.25) is 0 Å². The van der Waals surface area contributed by atoms with Crippen LogP contribution < -0.4 is 5.73 Å². The first-order valence-corrected chi connectivity index (χ1v) is 3.00. The molecule has 2 nitrogen and oxygen atoms in total. The molecule has 1 rings (SSSR count). The van der Waals surface area contributed by atoms with Gasteiger partial charge >= 0.3 is 0 Å². The molecule has 0 fully saturated rings. The van der Waals surface area contributed by atoms with Crippen molar-refractivity contribution in [3.63, 3.8) is 0 Å². The predicted molar refractivity (Wildman–Crippen MR) is 47.6 cm³/mol. The van der Waals surface area contributed by atoms with E-state index in [-0.39, 0.29) is 12.4 Å². The number of aryl methyl sites for hydroxylation is 1. The van der Waals surface area contributed by atoms with Crippen molar-refractivity contribution >= 4 is 18.1 Å². The summed E-state index contributed by atoms with van der Waals surface area (Å²) in [5, 5.41) is 8.52. The maximum atomic E-state index is 8.52. The van der Waals surface area contributed by atoms with Gasteiger partial charge in [-0.1, -0.05) is 0 Å². The average molecular weight is 169 g/mol. The molecule has 0 bridgehead atoms. The quantitative estimate of drug-likeness (QED) is 0.602. The van der Waals surface area contributed by atoms with Crippen molar-refractivity contribution in [3.05, 3.63) is 29.3 Å². The molecule has 0 heterocycles. The summed E-state index contributed by atoms with van der Waals surface area (Å²) in [6.45, 7) is 1.87. The normalized spacial score (nSPS) is 8.00. The van der Waals surface area contributed by atoms with Crippen molar-refractivity contribution in [1.29, 1.82) is 5.26 Å². The van der Waals surface area contributed by atoms with Gasteiger partial charge in [-0.25, -0.2) is 0 Å². The van der Waals surface area contributed by atoms with E-state index in [9.17, 15) is 0 Å². The summed E-state index contributed by atoms with van der Waals surface area (Å²) in [7, 11) is 0. The van der Waals surface area contributed by atoms with Gasteiger partial charge in [0.15, 0.2) is 0 Å². The van der Waals surface area contributed by atoms with Gasteiger partial charge in [-0.05, 0) is 30.7 Å². The molecule has 1 aromatic carbocycles. The number of halogens is 1. The molecule has 0 aliphatic carbocycles. The SMILES string of the molecule is Cc1cc(N)ccc1C#N.Cl. The molecule has 0 saturated heterocycles. The molecule has 1 aromatic rings. The third kappa shape index (κ3) is 2.14. The first kappa shape index (κ1) is 9.80. The minimum Gasteiger partial charge on any atom is -0.399 e. The van der Waals surface area contributed by atoms with Crippen molar-refractivity contribution in [2.24, 2.45) is 0 Å². The Morgan fingerprint density at radius 2 is 2.09 bits per heavy atom. The topological polar surface area (TPSA) is 49.8 Å². The van der Waals surface area contributed by atoms with E-state index in [2.05, 4.69) is 6.07 Å². The number of nitriles is 1. The predicted octanol–water partition coefficient (Wildman–Crippen LogP) is 1.87. The van der Waals surface area contributed by atoms with Crippen LogP contribution in [0.25, 0.3) is 0 Å². The monoisotopic (exact) mass is 168 g/mol. The van der Waals surface area contributed by atoms with Gasteiger partial charge in [0.25, 0.3) is 0 Å². The smallest absolute Gasteiger partial charge is 0.0994 e. The Labute approximate surface area is 72.0 Å². The van der Waals surface area contributed by atoms with Gasteiger partial charge in [0.2, 0.25) is 0 Å². The molecule has 0 aliphatic rings. The van der Waals surface area contributed by atoms with Crippen LogP contribution in [-0.2, 0) is 0 Å². The van der Waals surface area contributed by atoms with Crippen molar-refractivity contribution in [3.8, 4) is 6.07 Å². The molecule has 11 heavy (non-hydrogen) atoms. The van der Waals surface area contributed by atoms with Crippen LogP contribution in [0.4, 0.5) is 5.69 Å². The van der Waals surface area contributed by atoms with E-state index >= 15 is 0 Å². The van der Waals surface area contributed by atoms with E-state index in [0.29, 0.717) is 11.3 Å². The van der Waals surface area contributed by atoms with Crippen molar-refractivity contribution < 1.29 is 0 Å². The Morgan fingerprint density at radius 3 is 2.55 bits per heavy atom. The molecule has 0 aliphatic heterocycles. The maximum absolute atomic E-state index is 8.52. The summed E-state index contributed by atoms with van der Waals surface area (Å²) in [5.74, 6) is 0. The van der Waals surface area contributed by atoms with Crippen molar-refractivity contribution in [2.75, 3.05) is 5.73 Å². The third-order valence-electron chi connectivity index (χ3n) is 1.37. The fourth-order valence-electron chi connectivity index (χ4n) is 0.812. The Kier molecular flexibility index (Phi) is 3.43. The number of nitrogen functional groups attached to an aromatic ring is 1. The molecule has 0 atom stereocenters. The van der Waals surface area contributed by atoms with Crippen molar-refractivity contribution in [1.82, 2.24) is 0 Å². The Bertz CT molecular complexity index is 289. The van der Waals surface area contributed by atoms with Crippen LogP contribution in [0.1, 0.15) is 11.1 Å². The molecule has 0 unspecified atom stereocenters. The zero-order chi connectivity index (χ0) is 7.56. The highest BCUT2D eigenvalue weighted by Crippen LogP contribution is 2.10. The number of hydrogen-bond acceptors (Lipinski definition) is 2. The molecule has 2 N–H and O–H groups in total. The Hall–Kier alpha value is -1.20. The van der Waals surface area contributed by atoms with Gasteiger partial charge in [-0.15, -0.1) is 12.4 Å². The zero-order valence-corrected chi connectivity index (χ0v) is 6.98. The first-order chi connectivity index (χ1) is 4.74. The highest BCUT2D eigenvalue weighted by molar-refractivity contribution is 5.85. The van der Waals surface area contributed by atoms with E-state index in [1.54, 1.807) is 18.2 Å². The van der Waals surface area contributed by atoms with Crippen LogP contribution in [0.3, 0.4) is 0 Å². The summed E-state index contributed by atoms with van der Waals surface area (Å²) in [6, 6.07) is 7.31. The van der Waals surface area contributed by atoms with Crippen LogP contribution in [0.15, 0.2) is 18.2 Å². The number of hydrogen-bond donors (Lipinski definition) is 1. The Morgan fingerprint density at radius 1 is 1.45 bits per heavy atom. The fraction of sp³-hybridized carbons (Fsp3) is 0.125. The number of anilines is 1. The van der Waals surface area contributed by atoms with Gasteiger partial charge in [0.1, 0.15) is 0 Å². The molecule has 0 aromatic heterocycles. The van der Waals surface area contributed by atoms with E-state index in [1.807, 2.05) is 6.92 Å². The van der Waals surface area contributed by atoms with Crippen LogP contribution in [0.5, 0.6) is 0 Å². The minimum atomic E-state index is 0. The van der Waals surface area contributed by atoms with Crippen molar-refractivity contribution in [2.45, 2.75) is 6.92 Å². The van der Waals surface area contributed by atoms with Crippen LogP contribution >= 0.6 is 12.4 Å². The van der Waals surface area contributed by atoms with E-state index in [1.165, 1.54) is 0 Å². The molecule has 0 spiro atoms. The molecule has 3 heteroatoms. The summed E-state index contributed by atoms with van der Waals surface area (Å²) < 4.78 is 0. The van der Waals surface area contributed by atoms with E-state index in [4.69, 9.17) is 11.0 Å². The molecular formula is C8H9ClN2. The zero-order valence-electron chi connectivity index (χ0n) is 6.16. The van der Waals surface area contributed by atoms with E-state index in [0.717, 1.165) is 5.56 Å². The summed E-state index contributed by atoms with van der Waals surface area (Å²) in [6.07, 6.45) is 0. The largest absolute Gasteiger partial charge is 0.399 e. The lowest BCUT2D eigenvalue weighted by Crippen LogP contribution is -1.87. The molecule has 0 radical (unpaired) electrons. The van der Waals surface area contributed by atoms with Crippen LogP contribution in [0, 0.1) is 18.3 Å². The van der Waals surface area contributed by atoms with Crippen LogP contribution in [-0.4, -0.2) is 0 Å². The minimum absolute atomic E-state index is 0. The average Bonchev–Trinajstić information content (AvgIpc) is 1.88. The van der Waals surface area contributed by atoms with Gasteiger partial charge in [0, 0.05) is 5.69 Å². The number of rotatable bonds is 0. The van der Waals surface area contributed by atoms with Gasteiger partial charge < -0.3 is 5.73 Å². The third-order valence-corrected chi connectivity index (χ3v) is 1.37. The van der Waals surface area contributed by atoms with Gasteiger partial charge in [-0.2, -0.15) is 5.26 Å².